The molecule has 10 nitrogen and oxygen atoms in total. The Morgan fingerprint density at radius 1 is 1.15 bits per heavy atom. The molecule has 1 unspecified atom stereocenters. The summed E-state index contributed by atoms with van der Waals surface area (Å²) in [5.41, 5.74) is 9.27. The van der Waals surface area contributed by atoms with Gasteiger partial charge in [-0.3, -0.25) is 9.67 Å². The molecule has 5 rings (SSSR count). The summed E-state index contributed by atoms with van der Waals surface area (Å²) in [4.78, 5) is 17.6. The van der Waals surface area contributed by atoms with Crippen LogP contribution in [-0.2, 0) is 13.6 Å². The van der Waals surface area contributed by atoms with Gasteiger partial charge in [0.1, 0.15) is 23.3 Å². The number of aliphatic hydroxyl groups excluding tert-OH is 1. The van der Waals surface area contributed by atoms with Crippen molar-refractivity contribution in [3.63, 3.8) is 0 Å². The van der Waals surface area contributed by atoms with Gasteiger partial charge in [0.05, 0.1) is 23.4 Å². The molecule has 1 aromatic carbocycles. The van der Waals surface area contributed by atoms with Gasteiger partial charge in [0, 0.05) is 42.8 Å². The fraction of sp³-hybridized carbons (Fsp3) is 0.136. The summed E-state index contributed by atoms with van der Waals surface area (Å²) in [6, 6.07) is 9.33. The normalized spacial score (nSPS) is 12.2. The number of aromatic nitrogens is 7. The maximum absolute atomic E-state index is 10.5. The highest BCUT2D eigenvalue weighted by Gasteiger charge is 2.20. The summed E-state index contributed by atoms with van der Waals surface area (Å²) >= 11 is 6.53. The predicted molar refractivity (Wildman–Crippen MR) is 126 cm³/mol. The van der Waals surface area contributed by atoms with Gasteiger partial charge >= 0.3 is 0 Å². The number of imidazole rings is 1. The van der Waals surface area contributed by atoms with Crippen LogP contribution < -0.4 is 11.1 Å². The van der Waals surface area contributed by atoms with Crippen LogP contribution in [0.25, 0.3) is 33.5 Å². The van der Waals surface area contributed by atoms with Crippen molar-refractivity contribution in [3.05, 3.63) is 66.5 Å². The highest BCUT2D eigenvalue weighted by Crippen LogP contribution is 2.35. The second-order valence-electron chi connectivity index (χ2n) is 7.48. The summed E-state index contributed by atoms with van der Waals surface area (Å²) in [5.74, 6) is 0.386. The number of nitrogens with two attached hydrogens (primary N) is 1. The van der Waals surface area contributed by atoms with E-state index in [-0.39, 0.29) is 18.2 Å². The molecule has 0 amide bonds. The van der Waals surface area contributed by atoms with Crippen LogP contribution in [0.15, 0.2) is 61.4 Å². The number of anilines is 2. The van der Waals surface area contributed by atoms with Crippen LogP contribution in [0, 0.1) is 0 Å². The van der Waals surface area contributed by atoms with Crippen LogP contribution in [0.1, 0.15) is 0 Å². The number of benzene rings is 1. The number of hydrogen-bond acceptors (Lipinski definition) is 8. The Bertz CT molecular complexity index is 1430. The van der Waals surface area contributed by atoms with E-state index in [2.05, 4.69) is 25.4 Å². The van der Waals surface area contributed by atoms with Gasteiger partial charge in [-0.25, -0.2) is 15.0 Å². The first-order valence-electron chi connectivity index (χ1n) is 10.1. The zero-order valence-corrected chi connectivity index (χ0v) is 18.3. The third-order valence-corrected chi connectivity index (χ3v) is 5.35. The number of rotatable bonds is 6. The number of hydrogen-bond donors (Lipinski definition) is 3. The summed E-state index contributed by atoms with van der Waals surface area (Å²) in [5, 5.41) is 19.3. The first-order valence-corrected chi connectivity index (χ1v) is 10.5. The lowest BCUT2D eigenvalue weighted by Crippen LogP contribution is -2.26. The van der Waals surface area contributed by atoms with Gasteiger partial charge in [0.25, 0.3) is 0 Å². The Balaban J connectivity index is 1.62. The van der Waals surface area contributed by atoms with Crippen molar-refractivity contribution in [2.75, 3.05) is 11.1 Å². The van der Waals surface area contributed by atoms with Crippen molar-refractivity contribution >= 4 is 34.1 Å². The van der Waals surface area contributed by atoms with Crippen molar-refractivity contribution in [3.8, 4) is 22.6 Å². The molecule has 0 spiro atoms. The zero-order chi connectivity index (χ0) is 22.9. The quantitative estimate of drug-likeness (QED) is 0.329. The average Bonchev–Trinajstić information content (AvgIpc) is 3.46. The third kappa shape index (κ3) is 4.21. The minimum atomic E-state index is -0.964. The Hall–Kier alpha value is -4.02. The summed E-state index contributed by atoms with van der Waals surface area (Å²) < 4.78 is 3.41. The van der Waals surface area contributed by atoms with E-state index in [0.717, 1.165) is 10.9 Å². The Morgan fingerprint density at radius 2 is 2.03 bits per heavy atom. The van der Waals surface area contributed by atoms with Gasteiger partial charge < -0.3 is 20.7 Å². The molecule has 4 N–H and O–H groups in total. The zero-order valence-electron chi connectivity index (χ0n) is 17.6. The molecule has 0 saturated heterocycles. The average molecular weight is 462 g/mol. The molecular weight excluding hydrogens is 442 g/mol. The van der Waals surface area contributed by atoms with E-state index in [1.165, 1.54) is 0 Å². The number of fused-ring (bicyclic) bond motifs is 1. The monoisotopic (exact) mass is 461 g/mol. The molecule has 33 heavy (non-hydrogen) atoms. The molecule has 0 aliphatic rings. The van der Waals surface area contributed by atoms with Crippen molar-refractivity contribution in [2.24, 2.45) is 7.05 Å². The van der Waals surface area contributed by atoms with Crippen molar-refractivity contribution < 1.29 is 5.11 Å². The maximum atomic E-state index is 10.5. The molecule has 0 radical (unpaired) electrons. The first-order chi connectivity index (χ1) is 16.0. The molecule has 11 heteroatoms. The van der Waals surface area contributed by atoms with Gasteiger partial charge in [0.15, 0.2) is 11.6 Å². The molecule has 0 bridgehead atoms. The number of nitrogen functional groups attached to an aromatic ring is 1. The SMILES string of the molecule is Cn1ccc(-c2nc(N)c(NC(O)Cn3ccnc3)nc2-c2cc(Cl)c3ncccc3c2)n1. The van der Waals surface area contributed by atoms with E-state index in [1.54, 1.807) is 40.2 Å². The smallest absolute Gasteiger partial charge is 0.171 e. The van der Waals surface area contributed by atoms with Crippen LogP contribution in [0.5, 0.6) is 0 Å². The lowest BCUT2D eigenvalue weighted by molar-refractivity contribution is 0.181. The molecule has 166 valence electrons. The van der Waals surface area contributed by atoms with Crippen LogP contribution >= 0.6 is 11.6 Å². The van der Waals surface area contributed by atoms with Crippen molar-refractivity contribution in [1.82, 2.24) is 34.3 Å². The van der Waals surface area contributed by atoms with Gasteiger partial charge in [0.2, 0.25) is 0 Å². The number of nitrogens with zero attached hydrogens (tertiary/aromatic N) is 7. The second-order valence-corrected chi connectivity index (χ2v) is 7.89. The Morgan fingerprint density at radius 3 is 2.79 bits per heavy atom. The van der Waals surface area contributed by atoms with E-state index in [9.17, 15) is 5.11 Å². The summed E-state index contributed by atoms with van der Waals surface area (Å²) in [6.45, 7) is 0.256. The predicted octanol–water partition coefficient (Wildman–Crippen LogP) is 2.95. The number of pyridine rings is 1. The van der Waals surface area contributed by atoms with Gasteiger partial charge in [-0.15, -0.1) is 0 Å². The molecule has 5 aromatic rings. The topological polar surface area (TPSA) is 133 Å². The number of nitrogens with one attached hydrogen (secondary N) is 1. The lowest BCUT2D eigenvalue weighted by atomic mass is 10.0. The van der Waals surface area contributed by atoms with Crippen LogP contribution in [0.3, 0.4) is 0 Å². The molecule has 1 atom stereocenters. The highest BCUT2D eigenvalue weighted by molar-refractivity contribution is 6.35. The Labute approximate surface area is 193 Å². The molecule has 0 fully saturated rings. The second kappa shape index (κ2) is 8.49. The lowest BCUT2D eigenvalue weighted by Gasteiger charge is -2.17. The molecule has 4 aromatic heterocycles. The highest BCUT2D eigenvalue weighted by atomic mass is 35.5. The molecule has 0 aliphatic carbocycles. The first kappa shape index (κ1) is 20.9. The van der Waals surface area contributed by atoms with Crippen molar-refractivity contribution in [1.29, 1.82) is 0 Å². The number of halogens is 1. The standard InChI is InChI=1S/C22H20ClN9O/c1-31-7-4-16(30-31)20-19(14-9-13-3-2-5-26-18(13)15(23)10-14)29-22(21(24)28-20)27-17(33)11-32-8-6-25-12-32/h2-10,12,17,33H,11H2,1H3,(H2,24,28)(H,27,29). The fourth-order valence-electron chi connectivity index (χ4n) is 3.56. The van der Waals surface area contributed by atoms with Crippen LogP contribution in [0.2, 0.25) is 5.02 Å². The summed E-state index contributed by atoms with van der Waals surface area (Å²) in [7, 11) is 1.82. The molecule has 0 aliphatic heterocycles. The van der Waals surface area contributed by atoms with Gasteiger partial charge in [-0.2, -0.15) is 5.10 Å². The number of aliphatic hydroxyl groups is 1. The molecule has 4 heterocycles. The summed E-state index contributed by atoms with van der Waals surface area (Å²) in [6.07, 6.45) is 7.55. The van der Waals surface area contributed by atoms with E-state index >= 15 is 0 Å². The largest absolute Gasteiger partial charge is 0.381 e. The van der Waals surface area contributed by atoms with Crippen LogP contribution in [-0.4, -0.2) is 45.6 Å². The molecular formula is C22H20ClN9O. The minimum absolute atomic E-state index is 0.137. The minimum Gasteiger partial charge on any atom is -0.381 e. The number of aryl methyl sites for hydroxylation is 1. The van der Waals surface area contributed by atoms with E-state index in [1.807, 2.05) is 37.5 Å². The van der Waals surface area contributed by atoms with E-state index in [0.29, 0.717) is 27.6 Å². The van der Waals surface area contributed by atoms with E-state index < -0.39 is 6.23 Å². The Kier molecular flexibility index (Phi) is 5.37. The van der Waals surface area contributed by atoms with E-state index in [4.69, 9.17) is 22.3 Å². The fourth-order valence-corrected chi connectivity index (χ4v) is 3.83. The van der Waals surface area contributed by atoms with Crippen molar-refractivity contribution in [2.45, 2.75) is 12.8 Å². The molecule has 0 saturated carbocycles. The van der Waals surface area contributed by atoms with Gasteiger partial charge in [-0.05, 0) is 24.3 Å². The van der Waals surface area contributed by atoms with Gasteiger partial charge in [-0.1, -0.05) is 17.7 Å². The maximum Gasteiger partial charge on any atom is 0.171 e. The van der Waals surface area contributed by atoms with Crippen LogP contribution in [0.4, 0.5) is 11.6 Å². The third-order valence-electron chi connectivity index (χ3n) is 5.06.